The van der Waals surface area contributed by atoms with Gasteiger partial charge in [-0.15, -0.1) is 0 Å². The number of para-hydroxylation sites is 1. The van der Waals surface area contributed by atoms with Crippen LogP contribution in [0.3, 0.4) is 0 Å². The molecule has 1 heterocycles. The maximum absolute atomic E-state index is 12.0. The zero-order valence-electron chi connectivity index (χ0n) is 15.3. The standard InChI is InChI=1S/C21H22N4O3/c26-19(10-11-22-20(27)12-15-6-2-1-3-7-15)24-25-21(28)13-16-14-23-18-9-5-4-8-17(16)18/h1-9,14,23H,10-13H2,(H,22,27)(H,24,26)(H,25,28). The molecule has 0 radical (unpaired) electrons. The van der Waals surface area contributed by atoms with Crippen molar-refractivity contribution in [3.8, 4) is 0 Å². The fraction of sp³-hybridized carbons (Fsp3) is 0.190. The lowest BCUT2D eigenvalue weighted by Gasteiger charge is -2.08. The van der Waals surface area contributed by atoms with Gasteiger partial charge < -0.3 is 10.3 Å². The molecule has 144 valence electrons. The Labute approximate surface area is 162 Å². The fourth-order valence-corrected chi connectivity index (χ4v) is 2.86. The lowest BCUT2D eigenvalue weighted by Crippen LogP contribution is -2.43. The number of benzene rings is 2. The monoisotopic (exact) mass is 378 g/mol. The minimum absolute atomic E-state index is 0.0773. The van der Waals surface area contributed by atoms with E-state index in [4.69, 9.17) is 0 Å². The summed E-state index contributed by atoms with van der Waals surface area (Å²) in [5, 5.41) is 3.67. The van der Waals surface area contributed by atoms with E-state index in [2.05, 4.69) is 21.2 Å². The number of hydrazine groups is 1. The Morgan fingerprint density at radius 2 is 1.50 bits per heavy atom. The van der Waals surface area contributed by atoms with Crippen LogP contribution < -0.4 is 16.2 Å². The van der Waals surface area contributed by atoms with Crippen LogP contribution in [0.25, 0.3) is 10.9 Å². The van der Waals surface area contributed by atoms with Gasteiger partial charge in [0.25, 0.3) is 0 Å². The smallest absolute Gasteiger partial charge is 0.242 e. The zero-order chi connectivity index (χ0) is 19.8. The van der Waals surface area contributed by atoms with Crippen LogP contribution in [-0.4, -0.2) is 29.3 Å². The predicted octanol–water partition coefficient (Wildman–Crippen LogP) is 1.61. The van der Waals surface area contributed by atoms with E-state index < -0.39 is 0 Å². The van der Waals surface area contributed by atoms with Gasteiger partial charge in [0.1, 0.15) is 0 Å². The first kappa shape index (κ1) is 19.2. The largest absolute Gasteiger partial charge is 0.361 e. The van der Waals surface area contributed by atoms with Crippen LogP contribution in [0.1, 0.15) is 17.5 Å². The van der Waals surface area contributed by atoms with Gasteiger partial charge in [-0.05, 0) is 17.2 Å². The highest BCUT2D eigenvalue weighted by atomic mass is 16.2. The van der Waals surface area contributed by atoms with Gasteiger partial charge >= 0.3 is 0 Å². The van der Waals surface area contributed by atoms with Crippen molar-refractivity contribution in [2.75, 3.05) is 6.54 Å². The Kier molecular flexibility index (Phi) is 6.41. The summed E-state index contributed by atoms with van der Waals surface area (Å²) in [5.41, 5.74) is 7.49. The van der Waals surface area contributed by atoms with Crippen molar-refractivity contribution < 1.29 is 14.4 Å². The Morgan fingerprint density at radius 3 is 2.32 bits per heavy atom. The molecule has 7 heteroatoms. The average molecular weight is 378 g/mol. The summed E-state index contributed by atoms with van der Waals surface area (Å²) in [6.07, 6.45) is 2.28. The van der Waals surface area contributed by atoms with Gasteiger partial charge in [0, 0.05) is 30.1 Å². The molecule has 0 unspecified atom stereocenters. The van der Waals surface area contributed by atoms with E-state index in [1.807, 2.05) is 54.6 Å². The third-order valence-corrected chi connectivity index (χ3v) is 4.25. The number of fused-ring (bicyclic) bond motifs is 1. The molecule has 0 aliphatic heterocycles. The molecule has 2 aromatic carbocycles. The van der Waals surface area contributed by atoms with E-state index in [1.165, 1.54) is 0 Å². The van der Waals surface area contributed by atoms with Gasteiger partial charge in [0.2, 0.25) is 17.7 Å². The van der Waals surface area contributed by atoms with E-state index in [1.54, 1.807) is 6.20 Å². The van der Waals surface area contributed by atoms with Gasteiger partial charge in [-0.25, -0.2) is 0 Å². The lowest BCUT2D eigenvalue weighted by molar-refractivity contribution is -0.128. The van der Waals surface area contributed by atoms with Crippen LogP contribution >= 0.6 is 0 Å². The van der Waals surface area contributed by atoms with Gasteiger partial charge in [0.05, 0.1) is 12.8 Å². The quantitative estimate of drug-likeness (QED) is 0.470. The van der Waals surface area contributed by atoms with Crippen LogP contribution in [0.5, 0.6) is 0 Å². The summed E-state index contributed by atoms with van der Waals surface area (Å²) in [6, 6.07) is 17.1. The second-order valence-electron chi connectivity index (χ2n) is 6.39. The molecule has 3 amide bonds. The number of hydrogen-bond acceptors (Lipinski definition) is 3. The minimum atomic E-state index is -0.368. The first-order valence-corrected chi connectivity index (χ1v) is 9.05. The maximum atomic E-state index is 12.0. The number of H-pyrrole nitrogens is 1. The summed E-state index contributed by atoms with van der Waals surface area (Å²) >= 11 is 0. The lowest BCUT2D eigenvalue weighted by atomic mass is 10.1. The number of nitrogens with one attached hydrogen (secondary N) is 4. The van der Waals surface area contributed by atoms with Crippen molar-refractivity contribution in [1.82, 2.24) is 21.2 Å². The number of amides is 3. The molecule has 0 atom stereocenters. The van der Waals surface area contributed by atoms with Crippen molar-refractivity contribution in [3.63, 3.8) is 0 Å². The molecular weight excluding hydrogens is 356 g/mol. The van der Waals surface area contributed by atoms with E-state index in [9.17, 15) is 14.4 Å². The number of rotatable bonds is 7. The van der Waals surface area contributed by atoms with E-state index in [-0.39, 0.29) is 43.5 Å². The molecule has 3 aromatic rings. The van der Waals surface area contributed by atoms with E-state index >= 15 is 0 Å². The highest BCUT2D eigenvalue weighted by Gasteiger charge is 2.10. The second-order valence-corrected chi connectivity index (χ2v) is 6.39. The van der Waals surface area contributed by atoms with Gasteiger partial charge in [-0.3, -0.25) is 25.2 Å². The van der Waals surface area contributed by atoms with Crippen LogP contribution in [0.4, 0.5) is 0 Å². The molecule has 0 aliphatic rings. The minimum Gasteiger partial charge on any atom is -0.361 e. The number of carbonyl (C=O) groups excluding carboxylic acids is 3. The molecule has 0 saturated carbocycles. The molecule has 7 nitrogen and oxygen atoms in total. The number of aromatic nitrogens is 1. The molecule has 28 heavy (non-hydrogen) atoms. The molecule has 0 bridgehead atoms. The molecule has 4 N–H and O–H groups in total. The first-order valence-electron chi connectivity index (χ1n) is 9.05. The molecule has 0 saturated heterocycles. The normalized spacial score (nSPS) is 10.4. The zero-order valence-corrected chi connectivity index (χ0v) is 15.3. The van der Waals surface area contributed by atoms with Gasteiger partial charge in [0.15, 0.2) is 0 Å². The van der Waals surface area contributed by atoms with Crippen molar-refractivity contribution in [1.29, 1.82) is 0 Å². The molecule has 3 rings (SSSR count). The summed E-state index contributed by atoms with van der Waals surface area (Å²) < 4.78 is 0. The van der Waals surface area contributed by atoms with Gasteiger partial charge in [-0.2, -0.15) is 0 Å². The molecule has 0 aliphatic carbocycles. The van der Waals surface area contributed by atoms with Crippen LogP contribution in [0.2, 0.25) is 0 Å². The van der Waals surface area contributed by atoms with E-state index in [0.717, 1.165) is 22.0 Å². The van der Waals surface area contributed by atoms with E-state index in [0.29, 0.717) is 0 Å². The summed E-state index contributed by atoms with van der Waals surface area (Å²) in [6.45, 7) is 0.204. The SMILES string of the molecule is O=C(Cc1ccccc1)NCCC(=O)NNC(=O)Cc1c[nH]c2ccccc12. The van der Waals surface area contributed by atoms with Crippen molar-refractivity contribution >= 4 is 28.6 Å². The van der Waals surface area contributed by atoms with Crippen LogP contribution in [-0.2, 0) is 27.2 Å². The van der Waals surface area contributed by atoms with Crippen LogP contribution in [0, 0.1) is 0 Å². The molecule has 0 fully saturated rings. The second kappa shape index (κ2) is 9.36. The number of hydrogen-bond donors (Lipinski definition) is 4. The average Bonchev–Trinajstić information content (AvgIpc) is 3.10. The molecule has 0 spiro atoms. The summed E-state index contributed by atoms with van der Waals surface area (Å²) in [4.78, 5) is 38.8. The van der Waals surface area contributed by atoms with Crippen molar-refractivity contribution in [2.45, 2.75) is 19.3 Å². The Balaban J connectivity index is 1.35. The topological polar surface area (TPSA) is 103 Å². The predicted molar refractivity (Wildman–Crippen MR) is 106 cm³/mol. The van der Waals surface area contributed by atoms with Crippen molar-refractivity contribution in [3.05, 3.63) is 71.9 Å². The molecular formula is C21H22N4O3. The Morgan fingerprint density at radius 1 is 0.786 bits per heavy atom. The fourth-order valence-electron chi connectivity index (χ4n) is 2.86. The molecule has 1 aromatic heterocycles. The highest BCUT2D eigenvalue weighted by molar-refractivity contribution is 5.89. The highest BCUT2D eigenvalue weighted by Crippen LogP contribution is 2.17. The maximum Gasteiger partial charge on any atom is 0.242 e. The summed E-state index contributed by atoms with van der Waals surface area (Å²) in [5.74, 6) is -0.833. The number of carbonyl (C=O) groups is 3. The Bertz CT molecular complexity index is 966. The van der Waals surface area contributed by atoms with Crippen LogP contribution in [0.15, 0.2) is 60.8 Å². The third-order valence-electron chi connectivity index (χ3n) is 4.25. The van der Waals surface area contributed by atoms with Crippen molar-refractivity contribution in [2.24, 2.45) is 0 Å². The Hall–Kier alpha value is -3.61. The third kappa shape index (κ3) is 5.44. The van der Waals surface area contributed by atoms with Gasteiger partial charge in [-0.1, -0.05) is 48.5 Å². The number of aromatic amines is 1. The first-order chi connectivity index (χ1) is 13.6. The summed E-state index contributed by atoms with van der Waals surface area (Å²) in [7, 11) is 0.